The Kier molecular flexibility index (Phi) is 7.09. The largest absolute Gasteiger partial charge is 0.489 e. The number of sulfonamides is 1. The first kappa shape index (κ1) is 25.7. The third-order valence-corrected chi connectivity index (χ3v) is 8.55. The van der Waals surface area contributed by atoms with E-state index in [0.717, 1.165) is 9.87 Å². The topological polar surface area (TPSA) is 134 Å². The molecule has 1 aromatic heterocycles. The maximum Gasteiger partial charge on any atom is 0.276 e. The van der Waals surface area contributed by atoms with Crippen molar-refractivity contribution in [3.05, 3.63) is 111 Å². The first-order valence-electron chi connectivity index (χ1n) is 11.6. The molecule has 3 aromatic carbocycles. The standard InChI is InChI=1S/C26H23ClN4O6S/c27-21-9-5-4-6-17(21)16-37-19-10-12-20(13-11-19)38(35,36)30-15-14-22-23(24(30)25(32)29-34)26(33)31(28-22)18-7-2-1-3-8-18/h1-13,24,28,34H,14-16H2,(H,29,32). The molecule has 3 N–H and O–H groups in total. The molecule has 0 saturated heterocycles. The van der Waals surface area contributed by atoms with Crippen LogP contribution in [0, 0.1) is 0 Å². The molecule has 1 aliphatic rings. The molecule has 1 amide bonds. The van der Waals surface area contributed by atoms with Crippen LogP contribution in [0.1, 0.15) is 22.9 Å². The van der Waals surface area contributed by atoms with Gasteiger partial charge in [-0.3, -0.25) is 19.9 Å². The Balaban J connectivity index is 1.44. The van der Waals surface area contributed by atoms with Gasteiger partial charge in [0.15, 0.2) is 0 Å². The number of aromatic amines is 1. The highest BCUT2D eigenvalue weighted by Gasteiger charge is 2.43. The molecule has 1 unspecified atom stereocenters. The number of carbonyl (C=O) groups is 1. The van der Waals surface area contributed by atoms with E-state index in [1.807, 2.05) is 18.2 Å². The minimum absolute atomic E-state index is 0.0464. The van der Waals surface area contributed by atoms with E-state index in [0.29, 0.717) is 22.2 Å². The number of H-pyrrole nitrogens is 1. The molecule has 5 rings (SSSR count). The lowest BCUT2D eigenvalue weighted by atomic mass is 10.0. The summed E-state index contributed by atoms with van der Waals surface area (Å²) in [5, 5.41) is 13.0. The van der Waals surface area contributed by atoms with E-state index in [-0.39, 0.29) is 30.0 Å². The summed E-state index contributed by atoms with van der Waals surface area (Å²) in [5.41, 5.74) is 2.61. The molecule has 12 heteroatoms. The van der Waals surface area contributed by atoms with Gasteiger partial charge in [-0.1, -0.05) is 48.0 Å². The van der Waals surface area contributed by atoms with Crippen molar-refractivity contribution in [2.24, 2.45) is 0 Å². The first-order chi connectivity index (χ1) is 18.3. The summed E-state index contributed by atoms with van der Waals surface area (Å²) in [6, 6.07) is 20.1. The fourth-order valence-electron chi connectivity index (χ4n) is 4.42. The van der Waals surface area contributed by atoms with Crippen molar-refractivity contribution < 1.29 is 23.2 Å². The average Bonchev–Trinajstić information content (AvgIpc) is 3.28. The summed E-state index contributed by atoms with van der Waals surface area (Å²) >= 11 is 6.15. The number of para-hydroxylation sites is 1. The van der Waals surface area contributed by atoms with Crippen LogP contribution in [-0.2, 0) is 27.8 Å². The number of amides is 1. The van der Waals surface area contributed by atoms with E-state index in [2.05, 4.69) is 5.10 Å². The molecule has 0 aliphatic carbocycles. The zero-order valence-corrected chi connectivity index (χ0v) is 21.4. The number of fused-ring (bicyclic) bond motifs is 1. The third kappa shape index (κ3) is 4.72. The quantitative estimate of drug-likeness (QED) is 0.237. The van der Waals surface area contributed by atoms with Gasteiger partial charge in [0.1, 0.15) is 18.4 Å². The number of hydroxylamine groups is 1. The van der Waals surface area contributed by atoms with E-state index in [1.165, 1.54) is 34.4 Å². The van der Waals surface area contributed by atoms with Crippen molar-refractivity contribution in [3.63, 3.8) is 0 Å². The normalized spacial score (nSPS) is 15.6. The summed E-state index contributed by atoms with van der Waals surface area (Å²) in [7, 11) is -4.25. The summed E-state index contributed by atoms with van der Waals surface area (Å²) in [6.45, 7) is 0.105. The van der Waals surface area contributed by atoms with E-state index < -0.39 is 27.5 Å². The fraction of sp³-hybridized carbons (Fsp3) is 0.154. The lowest BCUT2D eigenvalue weighted by Gasteiger charge is -2.32. The highest BCUT2D eigenvalue weighted by atomic mass is 35.5. The molecular weight excluding hydrogens is 532 g/mol. The molecule has 196 valence electrons. The van der Waals surface area contributed by atoms with Gasteiger partial charge in [0.05, 0.1) is 16.1 Å². The third-order valence-electron chi connectivity index (χ3n) is 6.30. The predicted octanol–water partition coefficient (Wildman–Crippen LogP) is 3.19. The Bertz CT molecular complexity index is 1630. The lowest BCUT2D eigenvalue weighted by molar-refractivity contribution is -0.133. The van der Waals surface area contributed by atoms with Gasteiger partial charge in [0.25, 0.3) is 11.5 Å². The Hall–Kier alpha value is -3.90. The second-order valence-electron chi connectivity index (χ2n) is 8.58. The number of carbonyl (C=O) groups excluding carboxylic acids is 1. The molecule has 0 radical (unpaired) electrons. The van der Waals surface area contributed by atoms with Crippen LogP contribution in [0.25, 0.3) is 5.69 Å². The lowest BCUT2D eigenvalue weighted by Crippen LogP contribution is -2.48. The second-order valence-corrected chi connectivity index (χ2v) is 10.9. The number of nitrogens with one attached hydrogen (secondary N) is 2. The Labute approximate surface area is 223 Å². The average molecular weight is 555 g/mol. The summed E-state index contributed by atoms with van der Waals surface area (Å²) in [6.07, 6.45) is 0.165. The van der Waals surface area contributed by atoms with Gasteiger partial charge in [-0.2, -0.15) is 4.31 Å². The number of benzene rings is 3. The summed E-state index contributed by atoms with van der Waals surface area (Å²) < 4.78 is 35.2. The van der Waals surface area contributed by atoms with Crippen molar-refractivity contribution in [2.75, 3.05) is 6.54 Å². The van der Waals surface area contributed by atoms with Crippen LogP contribution in [0.2, 0.25) is 5.02 Å². The van der Waals surface area contributed by atoms with Gasteiger partial charge >= 0.3 is 0 Å². The zero-order chi connectivity index (χ0) is 26.9. The van der Waals surface area contributed by atoms with Gasteiger partial charge in [-0.05, 0) is 42.5 Å². The van der Waals surface area contributed by atoms with Crippen molar-refractivity contribution in [3.8, 4) is 11.4 Å². The number of rotatable bonds is 7. The molecule has 0 fully saturated rings. The Morgan fingerprint density at radius 2 is 1.74 bits per heavy atom. The first-order valence-corrected chi connectivity index (χ1v) is 13.4. The number of hydrogen-bond donors (Lipinski definition) is 3. The maximum atomic E-state index is 13.6. The van der Waals surface area contributed by atoms with E-state index in [1.54, 1.807) is 36.4 Å². The van der Waals surface area contributed by atoms with Crippen LogP contribution in [0.5, 0.6) is 5.75 Å². The maximum absolute atomic E-state index is 13.6. The van der Waals surface area contributed by atoms with E-state index in [4.69, 9.17) is 16.3 Å². The van der Waals surface area contributed by atoms with Crippen LogP contribution in [0.15, 0.2) is 88.6 Å². The van der Waals surface area contributed by atoms with Crippen molar-refractivity contribution in [1.29, 1.82) is 0 Å². The Morgan fingerprint density at radius 3 is 2.42 bits per heavy atom. The SMILES string of the molecule is O=C(NO)C1c2c([nH]n(-c3ccccc3)c2=O)CCN1S(=O)(=O)c1ccc(OCc2ccccc2Cl)cc1. The molecule has 0 bridgehead atoms. The van der Waals surface area contributed by atoms with Gasteiger partial charge < -0.3 is 4.74 Å². The van der Waals surface area contributed by atoms with Crippen molar-refractivity contribution >= 4 is 27.5 Å². The van der Waals surface area contributed by atoms with Crippen LogP contribution in [-0.4, -0.2) is 40.2 Å². The molecule has 10 nitrogen and oxygen atoms in total. The highest BCUT2D eigenvalue weighted by molar-refractivity contribution is 7.89. The summed E-state index contributed by atoms with van der Waals surface area (Å²) in [4.78, 5) is 26.0. The summed E-state index contributed by atoms with van der Waals surface area (Å²) in [5.74, 6) is -0.614. The molecule has 0 saturated carbocycles. The second kappa shape index (κ2) is 10.5. The molecule has 0 spiro atoms. The smallest absolute Gasteiger partial charge is 0.276 e. The van der Waals surface area contributed by atoms with Gasteiger partial charge in [-0.25, -0.2) is 18.6 Å². The predicted molar refractivity (Wildman–Crippen MR) is 139 cm³/mol. The molecule has 1 atom stereocenters. The molecule has 38 heavy (non-hydrogen) atoms. The van der Waals surface area contributed by atoms with Crippen molar-refractivity contribution in [2.45, 2.75) is 24.0 Å². The van der Waals surface area contributed by atoms with Crippen molar-refractivity contribution in [1.82, 2.24) is 19.6 Å². The molecule has 2 heterocycles. The minimum atomic E-state index is -4.25. The van der Waals surface area contributed by atoms with Crippen LogP contribution in [0.3, 0.4) is 0 Å². The Morgan fingerprint density at radius 1 is 1.05 bits per heavy atom. The number of halogens is 1. The number of aromatic nitrogens is 2. The van der Waals surface area contributed by atoms with Gasteiger partial charge in [0, 0.05) is 29.2 Å². The van der Waals surface area contributed by atoms with Crippen LogP contribution < -0.4 is 15.8 Å². The van der Waals surface area contributed by atoms with Crippen LogP contribution in [0.4, 0.5) is 0 Å². The van der Waals surface area contributed by atoms with Gasteiger partial charge in [-0.15, -0.1) is 0 Å². The number of hydrogen-bond acceptors (Lipinski definition) is 6. The van der Waals surface area contributed by atoms with Crippen LogP contribution >= 0.6 is 11.6 Å². The highest BCUT2D eigenvalue weighted by Crippen LogP contribution is 2.33. The number of ether oxygens (including phenoxy) is 1. The molecular formula is C26H23ClN4O6S. The molecule has 4 aromatic rings. The van der Waals surface area contributed by atoms with E-state index in [9.17, 15) is 23.2 Å². The molecule has 1 aliphatic heterocycles. The van der Waals surface area contributed by atoms with Gasteiger partial charge in [0.2, 0.25) is 10.0 Å². The minimum Gasteiger partial charge on any atom is -0.489 e. The zero-order valence-electron chi connectivity index (χ0n) is 19.9. The monoisotopic (exact) mass is 554 g/mol. The fourth-order valence-corrected chi connectivity index (χ4v) is 6.18. The van der Waals surface area contributed by atoms with E-state index >= 15 is 0 Å². The number of nitrogens with zero attached hydrogens (tertiary/aromatic N) is 2.